The summed E-state index contributed by atoms with van der Waals surface area (Å²) in [4.78, 5) is 21.5. The van der Waals surface area contributed by atoms with E-state index in [1.165, 1.54) is 12.1 Å². The van der Waals surface area contributed by atoms with Crippen molar-refractivity contribution in [2.75, 3.05) is 6.61 Å². The molecule has 0 N–H and O–H groups in total. The highest BCUT2D eigenvalue weighted by Crippen LogP contribution is 2.15. The average Bonchev–Trinajstić information content (AvgIpc) is 2.36. The molecule has 1 atom stereocenters. The molecule has 1 unspecified atom stereocenters. The van der Waals surface area contributed by atoms with Crippen molar-refractivity contribution < 1.29 is 32.2 Å². The fourth-order valence-electron chi connectivity index (χ4n) is 1.06. The zero-order valence-corrected chi connectivity index (χ0v) is 9.02. The summed E-state index contributed by atoms with van der Waals surface area (Å²) in [5, 5.41) is 0. The van der Waals surface area contributed by atoms with Crippen LogP contribution in [0.5, 0.6) is 5.75 Å². The molecule has 0 aliphatic rings. The van der Waals surface area contributed by atoms with Crippen LogP contribution >= 0.6 is 0 Å². The van der Waals surface area contributed by atoms with E-state index >= 15 is 0 Å². The summed E-state index contributed by atoms with van der Waals surface area (Å²) < 4.78 is 44.4. The number of carbonyl (C=O) groups is 2. The highest BCUT2D eigenvalue weighted by atomic mass is 19.3. The van der Waals surface area contributed by atoms with Gasteiger partial charge in [-0.1, -0.05) is 12.1 Å². The van der Waals surface area contributed by atoms with Gasteiger partial charge in [-0.05, 0) is 12.1 Å². The van der Waals surface area contributed by atoms with E-state index in [1.54, 1.807) is 12.1 Å². The number of halogens is 3. The topological polar surface area (TPSA) is 52.6 Å². The van der Waals surface area contributed by atoms with Gasteiger partial charge in [0.05, 0.1) is 5.56 Å². The second-order valence-corrected chi connectivity index (χ2v) is 3.12. The van der Waals surface area contributed by atoms with Gasteiger partial charge in [0, 0.05) is 0 Å². The van der Waals surface area contributed by atoms with Crippen molar-refractivity contribution in [2.45, 2.75) is 12.8 Å². The first-order valence-electron chi connectivity index (χ1n) is 4.83. The summed E-state index contributed by atoms with van der Waals surface area (Å²) in [5.41, 5.74) is 0.177. The molecule has 0 fully saturated rings. The van der Waals surface area contributed by atoms with E-state index in [-0.39, 0.29) is 11.3 Å². The van der Waals surface area contributed by atoms with Crippen LogP contribution in [-0.2, 0) is 9.53 Å². The first kappa shape index (κ1) is 14.0. The van der Waals surface area contributed by atoms with Crippen LogP contribution in [0.2, 0.25) is 0 Å². The van der Waals surface area contributed by atoms with Crippen LogP contribution in [0, 0.1) is 0 Å². The molecule has 0 aliphatic heterocycles. The van der Waals surface area contributed by atoms with Gasteiger partial charge in [0.2, 0.25) is 0 Å². The Hall–Kier alpha value is -2.05. The number of para-hydroxylation sites is 1. The Morgan fingerprint density at radius 2 is 1.94 bits per heavy atom. The lowest BCUT2D eigenvalue weighted by Gasteiger charge is -2.10. The van der Waals surface area contributed by atoms with Gasteiger partial charge in [0.25, 0.3) is 0 Å². The van der Waals surface area contributed by atoms with Crippen molar-refractivity contribution in [3.05, 3.63) is 29.8 Å². The van der Waals surface area contributed by atoms with E-state index in [1.807, 2.05) is 0 Å². The molecule has 1 aromatic rings. The number of carbonyl (C=O) groups excluding carboxylic acids is 2. The minimum atomic E-state index is -3.41. The second kappa shape index (κ2) is 6.63. The number of hydrogen-bond donors (Lipinski definition) is 0. The Balaban J connectivity index is 2.50. The van der Waals surface area contributed by atoms with Crippen LogP contribution in [0.25, 0.3) is 0 Å². The van der Waals surface area contributed by atoms with Gasteiger partial charge in [-0.25, -0.2) is 13.6 Å². The minimum absolute atomic E-state index is 0.0805. The van der Waals surface area contributed by atoms with Gasteiger partial charge >= 0.3 is 18.8 Å². The molecule has 0 radical (unpaired) electrons. The molecule has 0 amide bonds. The molecule has 0 saturated carbocycles. The third-order valence-electron chi connectivity index (χ3n) is 1.83. The number of ether oxygens (including phenoxy) is 2. The molecule has 4 nitrogen and oxygen atoms in total. The van der Waals surface area contributed by atoms with Crippen molar-refractivity contribution in [1.82, 2.24) is 0 Å². The van der Waals surface area contributed by atoms with Crippen LogP contribution in [0.4, 0.5) is 13.2 Å². The standard InChI is InChI=1S/C11H9F3O4/c12-10(13)11(14)18-9(16)6-17-8-4-2-1-3-7(8)5-15/h1-5,10-11H,6H2. The normalized spacial score (nSPS) is 12.0. The van der Waals surface area contributed by atoms with Crippen molar-refractivity contribution in [2.24, 2.45) is 0 Å². The summed E-state index contributed by atoms with van der Waals surface area (Å²) in [7, 11) is 0. The first-order chi connectivity index (χ1) is 8.54. The van der Waals surface area contributed by atoms with Gasteiger partial charge in [0.15, 0.2) is 12.9 Å². The lowest BCUT2D eigenvalue weighted by molar-refractivity contribution is -0.176. The molecule has 0 spiro atoms. The Bertz CT molecular complexity index is 423. The molecule has 18 heavy (non-hydrogen) atoms. The van der Waals surface area contributed by atoms with Crippen molar-refractivity contribution in [3.8, 4) is 5.75 Å². The Kier molecular flexibility index (Phi) is 5.16. The van der Waals surface area contributed by atoms with Crippen LogP contribution in [0.1, 0.15) is 10.4 Å². The van der Waals surface area contributed by atoms with Crippen LogP contribution in [-0.4, -0.2) is 31.6 Å². The number of esters is 1. The SMILES string of the molecule is O=Cc1ccccc1OCC(=O)OC(F)C(F)F. The highest BCUT2D eigenvalue weighted by molar-refractivity contribution is 5.79. The van der Waals surface area contributed by atoms with Gasteiger partial charge < -0.3 is 9.47 Å². The maximum Gasteiger partial charge on any atom is 0.346 e. The number of aldehydes is 1. The molecule has 7 heteroatoms. The lowest BCUT2D eigenvalue weighted by atomic mass is 10.2. The maximum absolute atomic E-state index is 12.3. The lowest BCUT2D eigenvalue weighted by Crippen LogP contribution is -2.24. The second-order valence-electron chi connectivity index (χ2n) is 3.12. The first-order valence-corrected chi connectivity index (χ1v) is 4.83. The molecule has 1 rings (SSSR count). The molecule has 0 saturated heterocycles. The fourth-order valence-corrected chi connectivity index (χ4v) is 1.06. The monoisotopic (exact) mass is 262 g/mol. The molecular weight excluding hydrogens is 253 g/mol. The molecule has 0 bridgehead atoms. The highest BCUT2D eigenvalue weighted by Gasteiger charge is 2.23. The molecule has 0 aliphatic carbocycles. The fraction of sp³-hybridized carbons (Fsp3) is 0.273. The maximum atomic E-state index is 12.3. The Morgan fingerprint density at radius 3 is 2.56 bits per heavy atom. The zero-order chi connectivity index (χ0) is 13.5. The molecule has 0 aromatic heterocycles. The van der Waals surface area contributed by atoms with E-state index in [4.69, 9.17) is 4.74 Å². The molecule has 0 heterocycles. The molecule has 98 valence electrons. The van der Waals surface area contributed by atoms with Gasteiger partial charge in [-0.15, -0.1) is 0 Å². The average molecular weight is 262 g/mol. The zero-order valence-electron chi connectivity index (χ0n) is 9.02. The Labute approximate surface area is 100 Å². The van der Waals surface area contributed by atoms with E-state index in [9.17, 15) is 22.8 Å². The summed E-state index contributed by atoms with van der Waals surface area (Å²) in [6, 6.07) is 5.95. The molecular formula is C11H9F3O4. The van der Waals surface area contributed by atoms with E-state index in [2.05, 4.69) is 4.74 Å². The summed E-state index contributed by atoms with van der Waals surface area (Å²) in [6.45, 7) is -0.766. The van der Waals surface area contributed by atoms with Crippen molar-refractivity contribution in [3.63, 3.8) is 0 Å². The van der Waals surface area contributed by atoms with E-state index in [0.717, 1.165) is 0 Å². The third-order valence-corrected chi connectivity index (χ3v) is 1.83. The van der Waals surface area contributed by atoms with Crippen LogP contribution in [0.15, 0.2) is 24.3 Å². The predicted molar refractivity (Wildman–Crippen MR) is 54.3 cm³/mol. The number of hydrogen-bond acceptors (Lipinski definition) is 4. The van der Waals surface area contributed by atoms with Crippen LogP contribution in [0.3, 0.4) is 0 Å². The minimum Gasteiger partial charge on any atom is -0.481 e. The van der Waals surface area contributed by atoms with Crippen molar-refractivity contribution in [1.29, 1.82) is 0 Å². The van der Waals surface area contributed by atoms with E-state index < -0.39 is 25.4 Å². The number of alkyl halides is 3. The van der Waals surface area contributed by atoms with Gasteiger partial charge in [0.1, 0.15) is 5.75 Å². The summed E-state index contributed by atoms with van der Waals surface area (Å²) >= 11 is 0. The summed E-state index contributed by atoms with van der Waals surface area (Å²) in [6.07, 6.45) is -5.89. The quantitative estimate of drug-likeness (QED) is 0.581. The third kappa shape index (κ3) is 4.08. The van der Waals surface area contributed by atoms with Crippen molar-refractivity contribution >= 4 is 12.3 Å². The van der Waals surface area contributed by atoms with Crippen LogP contribution < -0.4 is 4.74 Å². The van der Waals surface area contributed by atoms with Gasteiger partial charge in [-0.2, -0.15) is 4.39 Å². The largest absolute Gasteiger partial charge is 0.481 e. The number of benzene rings is 1. The smallest absolute Gasteiger partial charge is 0.346 e. The Morgan fingerprint density at radius 1 is 1.28 bits per heavy atom. The van der Waals surface area contributed by atoms with E-state index in [0.29, 0.717) is 6.29 Å². The molecule has 1 aromatic carbocycles. The predicted octanol–water partition coefficient (Wildman–Crippen LogP) is 1.98. The number of rotatable bonds is 6. The van der Waals surface area contributed by atoms with Gasteiger partial charge in [-0.3, -0.25) is 4.79 Å². The summed E-state index contributed by atoms with van der Waals surface area (Å²) in [5.74, 6) is -1.21.